The fourth-order valence-corrected chi connectivity index (χ4v) is 4.49. The first-order valence-corrected chi connectivity index (χ1v) is 9.03. The monoisotopic (exact) mass is 342 g/mol. The maximum atomic E-state index is 11.7. The second-order valence-corrected chi connectivity index (χ2v) is 8.97. The van der Waals surface area contributed by atoms with E-state index in [1.807, 2.05) is 20.8 Å². The maximum Gasteiger partial charge on any atom is 0.407 e. The number of fused-ring (bicyclic) bond motifs is 1. The SMILES string of the molecule is CC(C)(C)OC(=O)NC1CC(NC2CCc3sc(Cl)cc32)C1. The average Bonchev–Trinajstić information content (AvgIpc) is 2.84. The van der Waals surface area contributed by atoms with Crippen LogP contribution in [0.5, 0.6) is 0 Å². The highest BCUT2D eigenvalue weighted by Crippen LogP contribution is 2.40. The van der Waals surface area contributed by atoms with Crippen molar-refractivity contribution >= 4 is 29.0 Å². The lowest BCUT2D eigenvalue weighted by Gasteiger charge is -2.38. The van der Waals surface area contributed by atoms with Gasteiger partial charge in [0.05, 0.1) is 4.34 Å². The molecule has 0 aliphatic heterocycles. The molecule has 1 unspecified atom stereocenters. The Hall–Kier alpha value is -0.780. The second-order valence-electron chi connectivity index (χ2n) is 7.20. The van der Waals surface area contributed by atoms with E-state index in [0.29, 0.717) is 12.1 Å². The van der Waals surface area contributed by atoms with E-state index in [1.165, 1.54) is 10.4 Å². The molecule has 1 aromatic heterocycles. The van der Waals surface area contributed by atoms with Crippen molar-refractivity contribution in [3.63, 3.8) is 0 Å². The first kappa shape index (κ1) is 16.1. The van der Waals surface area contributed by atoms with Crippen molar-refractivity contribution in [3.05, 3.63) is 20.8 Å². The molecular weight excluding hydrogens is 320 g/mol. The number of carbonyl (C=O) groups excluding carboxylic acids is 1. The fourth-order valence-electron chi connectivity index (χ4n) is 3.13. The van der Waals surface area contributed by atoms with E-state index >= 15 is 0 Å². The molecular formula is C16H23ClN2O2S. The first-order chi connectivity index (χ1) is 10.3. The molecule has 1 atom stereocenters. The fraction of sp³-hybridized carbons (Fsp3) is 0.688. The zero-order valence-electron chi connectivity index (χ0n) is 13.2. The molecule has 1 amide bonds. The number of ether oxygens (including phenoxy) is 1. The van der Waals surface area contributed by atoms with E-state index in [4.69, 9.17) is 16.3 Å². The number of nitrogens with one attached hydrogen (secondary N) is 2. The van der Waals surface area contributed by atoms with Crippen LogP contribution in [0, 0.1) is 0 Å². The Kier molecular flexibility index (Phi) is 4.40. The van der Waals surface area contributed by atoms with Gasteiger partial charge in [0.1, 0.15) is 5.60 Å². The molecule has 0 radical (unpaired) electrons. The number of carbonyl (C=O) groups is 1. The van der Waals surface area contributed by atoms with Crippen molar-refractivity contribution in [1.29, 1.82) is 0 Å². The lowest BCUT2D eigenvalue weighted by Crippen LogP contribution is -2.53. The molecule has 6 heteroatoms. The summed E-state index contributed by atoms with van der Waals surface area (Å²) >= 11 is 7.79. The summed E-state index contributed by atoms with van der Waals surface area (Å²) in [5.74, 6) is 0. The van der Waals surface area contributed by atoms with Crippen LogP contribution in [0.1, 0.15) is 56.5 Å². The Morgan fingerprint density at radius 2 is 2.09 bits per heavy atom. The molecule has 2 N–H and O–H groups in total. The molecule has 0 bridgehead atoms. The number of amides is 1. The van der Waals surface area contributed by atoms with Crippen LogP contribution in [0.25, 0.3) is 0 Å². The predicted molar refractivity (Wildman–Crippen MR) is 89.7 cm³/mol. The normalized spacial score (nSPS) is 27.2. The van der Waals surface area contributed by atoms with Gasteiger partial charge in [0.15, 0.2) is 0 Å². The maximum absolute atomic E-state index is 11.7. The van der Waals surface area contributed by atoms with Crippen LogP contribution >= 0.6 is 22.9 Å². The number of aryl methyl sites for hydroxylation is 1. The number of halogens is 1. The van der Waals surface area contributed by atoms with Crippen LogP contribution in [0.2, 0.25) is 4.34 Å². The summed E-state index contributed by atoms with van der Waals surface area (Å²) in [6, 6.07) is 3.21. The predicted octanol–water partition coefficient (Wildman–Crippen LogP) is 4.03. The van der Waals surface area contributed by atoms with Crippen molar-refractivity contribution < 1.29 is 9.53 Å². The van der Waals surface area contributed by atoms with Gasteiger partial charge < -0.3 is 15.4 Å². The van der Waals surface area contributed by atoms with Crippen molar-refractivity contribution in [2.75, 3.05) is 0 Å². The third-order valence-corrected chi connectivity index (χ3v) is 5.48. The summed E-state index contributed by atoms with van der Waals surface area (Å²) in [7, 11) is 0. The molecule has 0 saturated heterocycles. The second kappa shape index (κ2) is 6.02. The summed E-state index contributed by atoms with van der Waals surface area (Å²) < 4.78 is 6.16. The van der Waals surface area contributed by atoms with Crippen LogP contribution in [-0.4, -0.2) is 23.8 Å². The standard InChI is InChI=1S/C16H23ClN2O2S/c1-16(2,3)21-15(20)19-10-6-9(7-10)18-12-4-5-13-11(12)8-14(17)22-13/h8-10,12,18H,4-7H2,1-3H3,(H,19,20). The largest absolute Gasteiger partial charge is 0.444 e. The van der Waals surface area contributed by atoms with Gasteiger partial charge >= 0.3 is 6.09 Å². The molecule has 22 heavy (non-hydrogen) atoms. The summed E-state index contributed by atoms with van der Waals surface area (Å²) in [6.45, 7) is 5.63. The lowest BCUT2D eigenvalue weighted by atomic mass is 9.86. The van der Waals surface area contributed by atoms with Gasteiger partial charge in [0.2, 0.25) is 0 Å². The van der Waals surface area contributed by atoms with Gasteiger partial charge in [-0.2, -0.15) is 0 Å². The van der Waals surface area contributed by atoms with Gasteiger partial charge in [-0.25, -0.2) is 4.79 Å². The zero-order valence-corrected chi connectivity index (χ0v) is 14.8. The lowest BCUT2D eigenvalue weighted by molar-refractivity contribution is 0.0463. The smallest absolute Gasteiger partial charge is 0.407 e. The van der Waals surface area contributed by atoms with E-state index < -0.39 is 5.60 Å². The average molecular weight is 343 g/mol. The third kappa shape index (κ3) is 3.76. The van der Waals surface area contributed by atoms with Gasteiger partial charge in [-0.3, -0.25) is 0 Å². The van der Waals surface area contributed by atoms with Crippen LogP contribution in [0.3, 0.4) is 0 Å². The minimum atomic E-state index is -0.441. The number of hydrogen-bond donors (Lipinski definition) is 2. The first-order valence-electron chi connectivity index (χ1n) is 7.84. The van der Waals surface area contributed by atoms with Crippen molar-refractivity contribution in [3.8, 4) is 0 Å². The minimum absolute atomic E-state index is 0.222. The quantitative estimate of drug-likeness (QED) is 0.871. The van der Waals surface area contributed by atoms with E-state index in [0.717, 1.165) is 30.0 Å². The highest BCUT2D eigenvalue weighted by Gasteiger charge is 2.35. The number of thiophene rings is 1. The summed E-state index contributed by atoms with van der Waals surface area (Å²) in [6.07, 6.45) is 3.88. The molecule has 1 saturated carbocycles. The molecule has 1 heterocycles. The van der Waals surface area contributed by atoms with E-state index in [-0.39, 0.29) is 12.1 Å². The zero-order chi connectivity index (χ0) is 15.9. The topological polar surface area (TPSA) is 50.4 Å². The minimum Gasteiger partial charge on any atom is -0.444 e. The van der Waals surface area contributed by atoms with Gasteiger partial charge in [0, 0.05) is 23.0 Å². The van der Waals surface area contributed by atoms with Gasteiger partial charge in [-0.1, -0.05) is 11.6 Å². The van der Waals surface area contributed by atoms with Crippen LogP contribution in [-0.2, 0) is 11.2 Å². The van der Waals surface area contributed by atoms with E-state index in [9.17, 15) is 4.79 Å². The summed E-state index contributed by atoms with van der Waals surface area (Å²) in [4.78, 5) is 13.1. The number of rotatable bonds is 3. The van der Waals surface area contributed by atoms with Crippen LogP contribution in [0.15, 0.2) is 6.07 Å². The molecule has 0 aromatic carbocycles. The molecule has 1 fully saturated rings. The van der Waals surface area contributed by atoms with Crippen molar-refractivity contribution in [2.24, 2.45) is 0 Å². The van der Waals surface area contributed by atoms with E-state index in [2.05, 4.69) is 16.7 Å². The Morgan fingerprint density at radius 1 is 1.36 bits per heavy atom. The van der Waals surface area contributed by atoms with Gasteiger partial charge in [0.25, 0.3) is 0 Å². The number of alkyl carbamates (subject to hydrolysis) is 1. The van der Waals surface area contributed by atoms with Crippen molar-refractivity contribution in [2.45, 2.75) is 70.2 Å². The highest BCUT2D eigenvalue weighted by molar-refractivity contribution is 7.16. The van der Waals surface area contributed by atoms with Crippen LogP contribution < -0.4 is 10.6 Å². The molecule has 1 aromatic rings. The molecule has 0 spiro atoms. The van der Waals surface area contributed by atoms with Gasteiger partial charge in [-0.15, -0.1) is 11.3 Å². The number of hydrogen-bond acceptors (Lipinski definition) is 4. The van der Waals surface area contributed by atoms with Gasteiger partial charge in [-0.05, 0) is 58.1 Å². The third-order valence-electron chi connectivity index (χ3n) is 4.14. The Balaban J connectivity index is 1.42. The molecule has 122 valence electrons. The summed E-state index contributed by atoms with van der Waals surface area (Å²) in [5.41, 5.74) is 0.933. The Bertz CT molecular complexity index is 561. The van der Waals surface area contributed by atoms with Crippen molar-refractivity contribution in [1.82, 2.24) is 10.6 Å². The Labute approximate surface area is 140 Å². The molecule has 2 aliphatic rings. The molecule has 2 aliphatic carbocycles. The Morgan fingerprint density at radius 3 is 2.77 bits per heavy atom. The molecule has 3 rings (SSSR count). The van der Waals surface area contributed by atoms with E-state index in [1.54, 1.807) is 11.3 Å². The highest BCUT2D eigenvalue weighted by atomic mass is 35.5. The molecule has 4 nitrogen and oxygen atoms in total. The van der Waals surface area contributed by atoms with Crippen LogP contribution in [0.4, 0.5) is 4.79 Å². The summed E-state index contributed by atoms with van der Waals surface area (Å²) in [5, 5.41) is 6.62.